The zero-order valence-electron chi connectivity index (χ0n) is 19.7. The molecule has 1 aliphatic heterocycles. The average Bonchev–Trinajstić information content (AvgIpc) is 2.66. The Hall–Kier alpha value is -1.71. The van der Waals surface area contributed by atoms with Crippen LogP contribution in [0.3, 0.4) is 0 Å². The van der Waals surface area contributed by atoms with Crippen molar-refractivity contribution in [2.45, 2.75) is 83.3 Å². The van der Waals surface area contributed by atoms with Crippen LogP contribution < -0.4 is 14.9 Å². The lowest BCUT2D eigenvalue weighted by atomic mass is 9.86. The highest BCUT2D eigenvalue weighted by atomic mass is 32.2. The normalized spacial score (nSPS) is 27.2. The van der Waals surface area contributed by atoms with Gasteiger partial charge in [0.15, 0.2) is 0 Å². The smallest absolute Gasteiger partial charge is 0.227 e. The predicted octanol–water partition coefficient (Wildman–Crippen LogP) is 3.65. The summed E-state index contributed by atoms with van der Waals surface area (Å²) in [6.07, 6.45) is 2.45. The van der Waals surface area contributed by atoms with Gasteiger partial charge in [-0.1, -0.05) is 0 Å². The zero-order valence-corrected chi connectivity index (χ0v) is 20.5. The van der Waals surface area contributed by atoms with E-state index in [1.165, 1.54) is 6.07 Å². The molecular weight excluding hydrogens is 433 g/mol. The number of ether oxygens (including phenoxy) is 1. The summed E-state index contributed by atoms with van der Waals surface area (Å²) in [6, 6.07) is 4.64. The van der Waals surface area contributed by atoms with Crippen LogP contribution in [0.1, 0.15) is 60.3 Å². The molecule has 2 aliphatic rings. The number of halogens is 1. The van der Waals surface area contributed by atoms with Crippen molar-refractivity contribution in [3.8, 4) is 0 Å². The number of nitrogens with one attached hydrogen (secondary N) is 2. The van der Waals surface area contributed by atoms with E-state index in [1.54, 1.807) is 32.9 Å². The van der Waals surface area contributed by atoms with Crippen molar-refractivity contribution >= 4 is 27.3 Å². The Bertz CT molecular complexity index is 914. The summed E-state index contributed by atoms with van der Waals surface area (Å²) < 4.78 is 47.1. The molecule has 0 radical (unpaired) electrons. The summed E-state index contributed by atoms with van der Waals surface area (Å²) in [7, 11) is -3.41. The van der Waals surface area contributed by atoms with Crippen molar-refractivity contribution in [3.05, 3.63) is 24.0 Å². The summed E-state index contributed by atoms with van der Waals surface area (Å²) in [5.41, 5.74) is 0.942. The van der Waals surface area contributed by atoms with E-state index < -0.39 is 14.8 Å². The van der Waals surface area contributed by atoms with E-state index in [-0.39, 0.29) is 35.9 Å². The minimum atomic E-state index is -3.41. The van der Waals surface area contributed by atoms with E-state index in [4.69, 9.17) is 4.74 Å². The Morgan fingerprint density at radius 1 is 1.09 bits per heavy atom. The molecule has 3 rings (SSSR count). The van der Waals surface area contributed by atoms with Crippen LogP contribution in [0.25, 0.3) is 0 Å². The summed E-state index contributed by atoms with van der Waals surface area (Å²) in [6.45, 7) is 10.2. The van der Waals surface area contributed by atoms with Gasteiger partial charge in [0.25, 0.3) is 0 Å². The van der Waals surface area contributed by atoms with Gasteiger partial charge in [0, 0.05) is 30.7 Å². The third kappa shape index (κ3) is 5.99. The minimum absolute atomic E-state index is 0.0283. The highest BCUT2D eigenvalue weighted by molar-refractivity contribution is 7.90. The monoisotopic (exact) mass is 469 g/mol. The maximum absolute atomic E-state index is 14.8. The quantitative estimate of drug-likeness (QED) is 0.687. The number of carbonyl (C=O) groups excluding carboxylic acids is 1. The highest BCUT2D eigenvalue weighted by Gasteiger charge is 2.34. The molecule has 2 N–H and O–H groups in total. The van der Waals surface area contributed by atoms with Gasteiger partial charge in [-0.25, -0.2) is 17.5 Å². The average molecular weight is 470 g/mol. The fourth-order valence-electron chi connectivity index (χ4n) is 4.33. The van der Waals surface area contributed by atoms with E-state index in [0.717, 1.165) is 0 Å². The summed E-state index contributed by atoms with van der Waals surface area (Å²) in [5, 5.41) is 2.83. The molecule has 1 amide bonds. The zero-order chi connectivity index (χ0) is 23.7. The standard InChI is InChI=1S/C23H36FN3O4S/c1-15-13-27(14-16(2)31-15)21-11-10-19(12-20(21)24)25-22(28)17-6-8-18(9-7-17)26-32(29,30)23(3,4)5/h10-12,15-18,26H,6-9,13-14H2,1-5H3,(H,25,28)/t15-,16+,17?,18?. The number of amides is 1. The molecule has 0 unspecified atom stereocenters. The molecule has 1 aromatic rings. The molecule has 180 valence electrons. The van der Waals surface area contributed by atoms with Gasteiger partial charge in [-0.15, -0.1) is 0 Å². The van der Waals surface area contributed by atoms with Gasteiger partial charge in [-0.3, -0.25) is 4.79 Å². The van der Waals surface area contributed by atoms with Crippen LogP contribution in [0.4, 0.5) is 15.8 Å². The van der Waals surface area contributed by atoms with Crippen LogP contribution >= 0.6 is 0 Å². The number of benzene rings is 1. The largest absolute Gasteiger partial charge is 0.372 e. The number of carbonyl (C=O) groups is 1. The van der Waals surface area contributed by atoms with Gasteiger partial charge in [-0.2, -0.15) is 0 Å². The minimum Gasteiger partial charge on any atom is -0.372 e. The first-order chi connectivity index (χ1) is 14.9. The SMILES string of the molecule is C[C@@H]1CN(c2ccc(NC(=O)C3CCC(NS(=O)(=O)C(C)(C)C)CC3)cc2F)C[C@H](C)O1. The van der Waals surface area contributed by atoms with Gasteiger partial charge in [0.2, 0.25) is 15.9 Å². The Morgan fingerprint density at radius 2 is 1.69 bits per heavy atom. The fraction of sp³-hybridized carbons (Fsp3) is 0.696. The first-order valence-electron chi connectivity index (χ1n) is 11.4. The Labute approximate surface area is 191 Å². The molecule has 1 heterocycles. The molecule has 1 aliphatic carbocycles. The molecular formula is C23H36FN3O4S. The van der Waals surface area contributed by atoms with Crippen molar-refractivity contribution in [2.75, 3.05) is 23.3 Å². The Kier molecular flexibility index (Phi) is 7.51. The second kappa shape index (κ2) is 9.65. The second-order valence-corrected chi connectivity index (χ2v) is 12.6. The first kappa shape index (κ1) is 24.9. The molecule has 1 aromatic carbocycles. The van der Waals surface area contributed by atoms with Crippen LogP contribution in [-0.2, 0) is 19.6 Å². The Balaban J connectivity index is 1.55. The van der Waals surface area contributed by atoms with Crippen LogP contribution in [0.5, 0.6) is 0 Å². The topological polar surface area (TPSA) is 87.7 Å². The van der Waals surface area contributed by atoms with Crippen LogP contribution in [-0.4, -0.2) is 50.4 Å². The van der Waals surface area contributed by atoms with Gasteiger partial charge in [0.05, 0.1) is 22.6 Å². The number of sulfonamides is 1. The summed E-state index contributed by atoms with van der Waals surface area (Å²) in [5.74, 6) is -0.735. The third-order valence-corrected chi connectivity index (χ3v) is 8.46. The van der Waals surface area contributed by atoms with E-state index in [1.807, 2.05) is 18.7 Å². The predicted molar refractivity (Wildman–Crippen MR) is 125 cm³/mol. The summed E-state index contributed by atoms with van der Waals surface area (Å²) in [4.78, 5) is 14.7. The molecule has 1 saturated heterocycles. The van der Waals surface area contributed by atoms with Crippen LogP contribution in [0.2, 0.25) is 0 Å². The van der Waals surface area contributed by atoms with Gasteiger partial charge in [0.1, 0.15) is 5.82 Å². The van der Waals surface area contributed by atoms with Crippen molar-refractivity contribution in [1.29, 1.82) is 0 Å². The van der Waals surface area contributed by atoms with E-state index in [0.29, 0.717) is 50.1 Å². The highest BCUT2D eigenvalue weighted by Crippen LogP contribution is 2.29. The third-order valence-electron chi connectivity index (χ3n) is 6.20. The van der Waals surface area contributed by atoms with E-state index >= 15 is 0 Å². The number of nitrogens with zero attached hydrogens (tertiary/aromatic N) is 1. The number of morpholine rings is 1. The molecule has 0 bridgehead atoms. The molecule has 1 saturated carbocycles. The summed E-state index contributed by atoms with van der Waals surface area (Å²) >= 11 is 0. The van der Waals surface area contributed by atoms with E-state index in [2.05, 4.69) is 10.0 Å². The number of hydrogen-bond donors (Lipinski definition) is 2. The van der Waals surface area contributed by atoms with Gasteiger partial charge < -0.3 is 15.0 Å². The molecule has 2 atom stereocenters. The molecule has 9 heteroatoms. The maximum Gasteiger partial charge on any atom is 0.227 e. The Morgan fingerprint density at radius 3 is 2.22 bits per heavy atom. The molecule has 0 aromatic heterocycles. The van der Waals surface area contributed by atoms with Crippen molar-refractivity contribution in [2.24, 2.45) is 5.92 Å². The number of hydrogen-bond acceptors (Lipinski definition) is 5. The molecule has 32 heavy (non-hydrogen) atoms. The van der Waals surface area contributed by atoms with Crippen LogP contribution in [0, 0.1) is 11.7 Å². The molecule has 2 fully saturated rings. The first-order valence-corrected chi connectivity index (χ1v) is 12.9. The lowest BCUT2D eigenvalue weighted by molar-refractivity contribution is -0.120. The van der Waals surface area contributed by atoms with Crippen molar-refractivity contribution in [1.82, 2.24) is 4.72 Å². The van der Waals surface area contributed by atoms with E-state index in [9.17, 15) is 17.6 Å². The molecule has 7 nitrogen and oxygen atoms in total. The van der Waals surface area contributed by atoms with Crippen LogP contribution in [0.15, 0.2) is 18.2 Å². The number of anilines is 2. The van der Waals surface area contributed by atoms with Gasteiger partial charge >= 0.3 is 0 Å². The second-order valence-electron chi connectivity index (χ2n) is 10.1. The number of rotatable bonds is 5. The van der Waals surface area contributed by atoms with Crippen molar-refractivity contribution in [3.63, 3.8) is 0 Å². The van der Waals surface area contributed by atoms with Crippen molar-refractivity contribution < 1.29 is 22.3 Å². The fourth-order valence-corrected chi connectivity index (χ4v) is 5.36. The maximum atomic E-state index is 14.8. The lowest BCUT2D eigenvalue weighted by Gasteiger charge is -2.37. The molecule has 0 spiro atoms. The van der Waals surface area contributed by atoms with Gasteiger partial charge in [-0.05, 0) is 78.5 Å². The lowest BCUT2D eigenvalue weighted by Crippen LogP contribution is -2.46.